The third kappa shape index (κ3) is 3.92. The van der Waals surface area contributed by atoms with E-state index >= 15 is 0 Å². The van der Waals surface area contributed by atoms with Crippen LogP contribution in [0.3, 0.4) is 0 Å². The molecule has 2 atom stereocenters. The second-order valence-corrected chi connectivity index (χ2v) is 7.86. The standard InChI is InChI=1S/C13H22O5S/c1-13(12(14)18-5-6-19(15,16)17)8-10-3-2-4-11(7-10)9-13/h10-11H,2-9H2,1H3,(H,15,16,17). The van der Waals surface area contributed by atoms with E-state index in [1.54, 1.807) is 0 Å². The Morgan fingerprint density at radius 3 is 2.42 bits per heavy atom. The molecule has 110 valence electrons. The molecule has 2 bridgehead atoms. The zero-order valence-corrected chi connectivity index (χ0v) is 12.1. The summed E-state index contributed by atoms with van der Waals surface area (Å²) in [6.45, 7) is 1.66. The first-order chi connectivity index (χ1) is 8.78. The van der Waals surface area contributed by atoms with E-state index in [2.05, 4.69) is 0 Å². The van der Waals surface area contributed by atoms with E-state index in [0.717, 1.165) is 12.8 Å². The molecule has 0 amide bonds. The van der Waals surface area contributed by atoms with E-state index in [1.807, 2.05) is 6.92 Å². The molecule has 1 N–H and O–H groups in total. The van der Waals surface area contributed by atoms with E-state index in [4.69, 9.17) is 9.29 Å². The maximum Gasteiger partial charge on any atom is 0.311 e. The van der Waals surface area contributed by atoms with Crippen LogP contribution in [0.5, 0.6) is 0 Å². The van der Waals surface area contributed by atoms with Gasteiger partial charge in [-0.25, -0.2) is 0 Å². The molecule has 0 radical (unpaired) electrons. The first kappa shape index (κ1) is 14.8. The van der Waals surface area contributed by atoms with Gasteiger partial charge in [0.05, 0.1) is 5.41 Å². The average molecular weight is 290 g/mol. The minimum Gasteiger partial charge on any atom is -0.464 e. The smallest absolute Gasteiger partial charge is 0.311 e. The molecule has 0 spiro atoms. The second-order valence-electron chi connectivity index (χ2n) is 6.29. The average Bonchev–Trinajstić information content (AvgIpc) is 2.26. The van der Waals surface area contributed by atoms with Crippen LogP contribution < -0.4 is 0 Å². The number of rotatable bonds is 4. The Morgan fingerprint density at radius 1 is 1.32 bits per heavy atom. The number of fused-ring (bicyclic) bond motifs is 2. The third-order valence-corrected chi connectivity index (χ3v) is 5.12. The van der Waals surface area contributed by atoms with Gasteiger partial charge in [-0.15, -0.1) is 0 Å². The highest BCUT2D eigenvalue weighted by Crippen LogP contribution is 2.49. The highest BCUT2D eigenvalue weighted by Gasteiger charge is 2.44. The summed E-state index contributed by atoms with van der Waals surface area (Å²) in [5, 5.41) is 0. The third-order valence-electron chi connectivity index (χ3n) is 4.44. The fourth-order valence-electron chi connectivity index (χ4n) is 3.71. The molecule has 2 saturated carbocycles. The van der Waals surface area contributed by atoms with Gasteiger partial charge in [0.25, 0.3) is 10.1 Å². The van der Waals surface area contributed by atoms with Crippen molar-refractivity contribution in [1.82, 2.24) is 0 Å². The predicted molar refractivity (Wildman–Crippen MR) is 70.2 cm³/mol. The molecule has 6 heteroatoms. The van der Waals surface area contributed by atoms with Crippen molar-refractivity contribution >= 4 is 16.1 Å². The van der Waals surface area contributed by atoms with Gasteiger partial charge in [0, 0.05) is 0 Å². The highest BCUT2D eigenvalue weighted by atomic mass is 32.2. The van der Waals surface area contributed by atoms with Gasteiger partial charge in [-0.3, -0.25) is 9.35 Å². The highest BCUT2D eigenvalue weighted by molar-refractivity contribution is 7.85. The van der Waals surface area contributed by atoms with E-state index in [-0.39, 0.29) is 12.6 Å². The van der Waals surface area contributed by atoms with Gasteiger partial charge in [0.15, 0.2) is 0 Å². The topological polar surface area (TPSA) is 80.7 Å². The molecule has 2 unspecified atom stereocenters. The summed E-state index contributed by atoms with van der Waals surface area (Å²) in [6, 6.07) is 0. The van der Waals surface area contributed by atoms with Crippen LogP contribution in [0.25, 0.3) is 0 Å². The Hall–Kier alpha value is -0.620. The van der Waals surface area contributed by atoms with Crippen molar-refractivity contribution < 1.29 is 22.5 Å². The summed E-state index contributed by atoms with van der Waals surface area (Å²) in [4.78, 5) is 12.1. The first-order valence-electron chi connectivity index (χ1n) is 6.91. The Labute approximate surface area is 114 Å². The van der Waals surface area contributed by atoms with Gasteiger partial charge in [-0.1, -0.05) is 19.3 Å². The van der Waals surface area contributed by atoms with Gasteiger partial charge in [-0.05, 0) is 38.0 Å². The molecule has 2 aliphatic rings. The van der Waals surface area contributed by atoms with Crippen molar-refractivity contribution in [2.24, 2.45) is 17.3 Å². The summed E-state index contributed by atoms with van der Waals surface area (Å²) in [6.07, 6.45) is 6.52. The largest absolute Gasteiger partial charge is 0.464 e. The van der Waals surface area contributed by atoms with Crippen LogP contribution in [-0.2, 0) is 19.6 Å². The van der Waals surface area contributed by atoms with Crippen molar-refractivity contribution in [2.45, 2.75) is 45.4 Å². The normalized spacial score (nSPS) is 34.8. The van der Waals surface area contributed by atoms with Gasteiger partial charge < -0.3 is 4.74 Å². The van der Waals surface area contributed by atoms with Gasteiger partial charge in [-0.2, -0.15) is 8.42 Å². The molecule has 2 rings (SSSR count). The SMILES string of the molecule is CC1(C(=O)OCCS(=O)(=O)O)CC2CCCC(C2)C1. The number of carbonyl (C=O) groups excluding carboxylic acids is 1. The summed E-state index contributed by atoms with van der Waals surface area (Å²) >= 11 is 0. The van der Waals surface area contributed by atoms with Gasteiger partial charge >= 0.3 is 5.97 Å². The van der Waals surface area contributed by atoms with Gasteiger partial charge in [0.2, 0.25) is 0 Å². The lowest BCUT2D eigenvalue weighted by atomic mass is 9.61. The molecular weight excluding hydrogens is 268 g/mol. The molecule has 2 aliphatic carbocycles. The molecule has 0 aromatic rings. The number of hydrogen-bond donors (Lipinski definition) is 1. The van der Waals surface area contributed by atoms with Crippen LogP contribution in [-0.4, -0.2) is 31.3 Å². The zero-order valence-electron chi connectivity index (χ0n) is 11.3. The Bertz CT molecular complexity index is 430. The number of ether oxygens (including phenoxy) is 1. The summed E-state index contributed by atoms with van der Waals surface area (Å²) in [5.41, 5.74) is -0.479. The van der Waals surface area contributed by atoms with E-state index in [9.17, 15) is 13.2 Å². The van der Waals surface area contributed by atoms with Crippen LogP contribution in [0.1, 0.15) is 45.4 Å². The van der Waals surface area contributed by atoms with Crippen LogP contribution in [0, 0.1) is 17.3 Å². The van der Waals surface area contributed by atoms with Crippen LogP contribution >= 0.6 is 0 Å². The molecule has 2 fully saturated rings. The lowest BCUT2D eigenvalue weighted by Gasteiger charge is -2.43. The molecular formula is C13H22O5S. The predicted octanol–water partition coefficient (Wildman–Crippen LogP) is 2.02. The van der Waals surface area contributed by atoms with Crippen molar-refractivity contribution in [3.8, 4) is 0 Å². The van der Waals surface area contributed by atoms with E-state index < -0.39 is 21.3 Å². The Kier molecular flexibility index (Phi) is 4.20. The van der Waals surface area contributed by atoms with Crippen molar-refractivity contribution in [3.63, 3.8) is 0 Å². The summed E-state index contributed by atoms with van der Waals surface area (Å²) in [5.74, 6) is 0.368. The second kappa shape index (κ2) is 5.40. The van der Waals surface area contributed by atoms with Crippen LogP contribution in [0.4, 0.5) is 0 Å². The van der Waals surface area contributed by atoms with Crippen molar-refractivity contribution in [2.75, 3.05) is 12.4 Å². The number of carbonyl (C=O) groups is 1. The number of esters is 1. The van der Waals surface area contributed by atoms with E-state index in [1.165, 1.54) is 25.7 Å². The number of hydrogen-bond acceptors (Lipinski definition) is 4. The van der Waals surface area contributed by atoms with Gasteiger partial charge in [0.1, 0.15) is 12.4 Å². The van der Waals surface area contributed by atoms with Crippen LogP contribution in [0.15, 0.2) is 0 Å². The lowest BCUT2D eigenvalue weighted by molar-refractivity contribution is -0.159. The molecule has 19 heavy (non-hydrogen) atoms. The monoisotopic (exact) mass is 290 g/mol. The molecule has 0 aromatic carbocycles. The zero-order chi connectivity index (χ0) is 14.1. The maximum atomic E-state index is 12.1. The summed E-state index contributed by atoms with van der Waals surface area (Å²) < 4.78 is 34.9. The fraction of sp³-hybridized carbons (Fsp3) is 0.923. The minimum atomic E-state index is -4.06. The lowest BCUT2D eigenvalue weighted by Crippen LogP contribution is -2.40. The Balaban J connectivity index is 1.90. The molecule has 5 nitrogen and oxygen atoms in total. The van der Waals surface area contributed by atoms with Crippen molar-refractivity contribution in [3.05, 3.63) is 0 Å². The molecule has 0 heterocycles. The van der Waals surface area contributed by atoms with Crippen molar-refractivity contribution in [1.29, 1.82) is 0 Å². The fourth-order valence-corrected chi connectivity index (χ4v) is 4.01. The van der Waals surface area contributed by atoms with Crippen LogP contribution in [0.2, 0.25) is 0 Å². The summed E-state index contributed by atoms with van der Waals surface area (Å²) in [7, 11) is -4.06. The molecule has 0 aromatic heterocycles. The Morgan fingerprint density at radius 2 is 1.89 bits per heavy atom. The quantitative estimate of drug-likeness (QED) is 0.633. The first-order valence-corrected chi connectivity index (χ1v) is 8.52. The molecule has 0 saturated heterocycles. The van der Waals surface area contributed by atoms with E-state index in [0.29, 0.717) is 11.8 Å². The molecule has 0 aliphatic heterocycles. The maximum absolute atomic E-state index is 12.1. The minimum absolute atomic E-state index is 0.261.